The molecule has 0 heterocycles. The molecule has 0 saturated carbocycles. The molecule has 0 aliphatic rings. The molecule has 0 aliphatic heterocycles. The SMILES string of the molecule is C#C.C/C(Cc1ccccc1)=N/N(C)c1ccc(CNC(=O)c2cccc(C)c2)cc1.CC. The van der Waals surface area contributed by atoms with Gasteiger partial charge in [-0.05, 0) is 49.2 Å². The standard InChI is InChI=1S/C25H27N3O.C2H6.C2H2/c1-19-8-7-11-23(16-19)25(29)26-18-22-12-14-24(15-13-22)28(3)27-20(2)17-21-9-5-4-6-10-21;2*1-2/h4-16H,17-18H2,1-3H3,(H,26,29);1-2H3;1-2H/b27-20-;;. The summed E-state index contributed by atoms with van der Waals surface area (Å²) < 4.78 is 0. The van der Waals surface area contributed by atoms with Gasteiger partial charge in [0.05, 0.1) is 5.69 Å². The average Bonchev–Trinajstić information content (AvgIpc) is 2.86. The topological polar surface area (TPSA) is 44.7 Å². The van der Waals surface area contributed by atoms with Crippen molar-refractivity contribution in [3.8, 4) is 12.8 Å². The molecular weight excluding hydrogens is 406 g/mol. The van der Waals surface area contributed by atoms with Crippen LogP contribution in [-0.4, -0.2) is 18.7 Å². The molecule has 0 fully saturated rings. The van der Waals surface area contributed by atoms with Crippen LogP contribution in [0.3, 0.4) is 0 Å². The second kappa shape index (κ2) is 15.0. The zero-order valence-corrected chi connectivity index (χ0v) is 20.4. The van der Waals surface area contributed by atoms with E-state index in [9.17, 15) is 4.79 Å². The second-order valence-electron chi connectivity index (χ2n) is 7.24. The van der Waals surface area contributed by atoms with Crippen molar-refractivity contribution in [1.29, 1.82) is 0 Å². The number of carbonyl (C=O) groups excluding carboxylic acids is 1. The predicted molar refractivity (Wildman–Crippen MR) is 142 cm³/mol. The van der Waals surface area contributed by atoms with E-state index >= 15 is 0 Å². The lowest BCUT2D eigenvalue weighted by atomic mass is 10.1. The highest BCUT2D eigenvalue weighted by Crippen LogP contribution is 2.15. The molecule has 33 heavy (non-hydrogen) atoms. The van der Waals surface area contributed by atoms with Crippen LogP contribution in [0.25, 0.3) is 0 Å². The van der Waals surface area contributed by atoms with Crippen LogP contribution in [0.1, 0.15) is 47.8 Å². The van der Waals surface area contributed by atoms with Crippen LogP contribution in [0, 0.1) is 19.8 Å². The fourth-order valence-electron chi connectivity index (χ4n) is 3.14. The summed E-state index contributed by atoms with van der Waals surface area (Å²) in [6.07, 6.45) is 8.83. The molecule has 1 N–H and O–H groups in total. The Labute approximate surface area is 199 Å². The van der Waals surface area contributed by atoms with Crippen LogP contribution in [0.4, 0.5) is 5.69 Å². The van der Waals surface area contributed by atoms with Gasteiger partial charge in [0.25, 0.3) is 5.91 Å². The van der Waals surface area contributed by atoms with Crippen LogP contribution in [-0.2, 0) is 13.0 Å². The minimum Gasteiger partial charge on any atom is -0.348 e. The number of rotatable bonds is 7. The first-order chi connectivity index (χ1) is 16.0. The number of terminal acetylenes is 1. The fourth-order valence-corrected chi connectivity index (χ4v) is 3.14. The van der Waals surface area contributed by atoms with E-state index in [0.29, 0.717) is 12.1 Å². The Morgan fingerprint density at radius 2 is 1.55 bits per heavy atom. The molecule has 0 aromatic heterocycles. The summed E-state index contributed by atoms with van der Waals surface area (Å²) >= 11 is 0. The van der Waals surface area contributed by atoms with E-state index in [1.807, 2.05) is 106 Å². The Hall–Kier alpha value is -3.84. The van der Waals surface area contributed by atoms with Crippen molar-refractivity contribution < 1.29 is 4.79 Å². The Kier molecular flexibility index (Phi) is 12.4. The fraction of sp³-hybridized carbons (Fsp3) is 0.241. The lowest BCUT2D eigenvalue weighted by Gasteiger charge is -2.15. The molecule has 0 radical (unpaired) electrons. The number of nitrogens with one attached hydrogen (secondary N) is 1. The lowest BCUT2D eigenvalue weighted by Crippen LogP contribution is -2.22. The van der Waals surface area contributed by atoms with Gasteiger partial charge in [0.2, 0.25) is 0 Å². The number of anilines is 1. The van der Waals surface area contributed by atoms with Crippen molar-refractivity contribution >= 4 is 17.3 Å². The Morgan fingerprint density at radius 3 is 2.15 bits per heavy atom. The van der Waals surface area contributed by atoms with E-state index < -0.39 is 0 Å². The van der Waals surface area contributed by atoms with Gasteiger partial charge in [-0.25, -0.2) is 0 Å². The van der Waals surface area contributed by atoms with E-state index in [1.54, 1.807) is 0 Å². The third-order valence-corrected chi connectivity index (χ3v) is 4.67. The highest BCUT2D eigenvalue weighted by atomic mass is 16.1. The minimum atomic E-state index is -0.0592. The molecule has 0 aliphatic carbocycles. The third-order valence-electron chi connectivity index (χ3n) is 4.67. The van der Waals surface area contributed by atoms with E-state index in [1.165, 1.54) is 5.56 Å². The quantitative estimate of drug-likeness (QED) is 0.267. The number of amides is 1. The van der Waals surface area contributed by atoms with Gasteiger partial charge in [-0.15, -0.1) is 12.8 Å². The summed E-state index contributed by atoms with van der Waals surface area (Å²) in [5, 5.41) is 9.53. The number of hydrogen-bond donors (Lipinski definition) is 1. The van der Waals surface area contributed by atoms with Crippen molar-refractivity contribution in [3.63, 3.8) is 0 Å². The Bertz CT molecular complexity index is 1020. The summed E-state index contributed by atoms with van der Waals surface area (Å²) in [5.41, 5.74) is 6.12. The maximum atomic E-state index is 12.3. The molecule has 3 aromatic rings. The van der Waals surface area contributed by atoms with E-state index in [0.717, 1.165) is 28.9 Å². The largest absolute Gasteiger partial charge is 0.348 e. The molecule has 4 nitrogen and oxygen atoms in total. The molecule has 3 aromatic carbocycles. The number of hydrogen-bond acceptors (Lipinski definition) is 3. The Balaban J connectivity index is 0.00000129. The molecule has 0 atom stereocenters. The normalized spacial score (nSPS) is 10.1. The second-order valence-corrected chi connectivity index (χ2v) is 7.24. The monoisotopic (exact) mass is 441 g/mol. The molecule has 0 bridgehead atoms. The maximum absolute atomic E-state index is 12.3. The van der Waals surface area contributed by atoms with Gasteiger partial charge in [-0.2, -0.15) is 5.10 Å². The van der Waals surface area contributed by atoms with Gasteiger partial charge in [-0.3, -0.25) is 9.80 Å². The number of aryl methyl sites for hydroxylation is 1. The first-order valence-electron chi connectivity index (χ1n) is 11.1. The van der Waals surface area contributed by atoms with Gasteiger partial charge >= 0.3 is 0 Å². The summed E-state index contributed by atoms with van der Waals surface area (Å²) in [6.45, 7) is 8.52. The first-order valence-corrected chi connectivity index (χ1v) is 11.1. The molecule has 0 unspecified atom stereocenters. The number of hydrazone groups is 1. The predicted octanol–water partition coefficient (Wildman–Crippen LogP) is 6.26. The van der Waals surface area contributed by atoms with Crippen molar-refractivity contribution in [2.45, 2.75) is 40.7 Å². The molecule has 0 spiro atoms. The molecule has 0 saturated heterocycles. The molecular formula is C29H35N3O. The van der Waals surface area contributed by atoms with Crippen molar-refractivity contribution in [2.75, 3.05) is 12.1 Å². The van der Waals surface area contributed by atoms with Crippen LogP contribution in [0.2, 0.25) is 0 Å². The van der Waals surface area contributed by atoms with Gasteiger partial charge < -0.3 is 5.32 Å². The summed E-state index contributed by atoms with van der Waals surface area (Å²) in [4.78, 5) is 12.3. The summed E-state index contributed by atoms with van der Waals surface area (Å²) in [6, 6.07) is 26.0. The van der Waals surface area contributed by atoms with Crippen LogP contribution in [0.5, 0.6) is 0 Å². The van der Waals surface area contributed by atoms with Gasteiger partial charge in [0.1, 0.15) is 0 Å². The zero-order valence-electron chi connectivity index (χ0n) is 20.4. The third kappa shape index (κ3) is 9.45. The zero-order chi connectivity index (χ0) is 24.6. The molecule has 4 heteroatoms. The summed E-state index contributed by atoms with van der Waals surface area (Å²) in [5.74, 6) is -0.0592. The molecule has 172 valence electrons. The molecule has 1 amide bonds. The van der Waals surface area contributed by atoms with Crippen LogP contribution in [0.15, 0.2) is 84.0 Å². The molecule has 3 rings (SSSR count). The van der Waals surface area contributed by atoms with E-state index in [-0.39, 0.29) is 5.91 Å². The lowest BCUT2D eigenvalue weighted by molar-refractivity contribution is 0.0951. The highest BCUT2D eigenvalue weighted by molar-refractivity contribution is 5.94. The van der Waals surface area contributed by atoms with Crippen molar-refractivity contribution in [3.05, 3.63) is 101 Å². The minimum absolute atomic E-state index is 0.0592. The number of nitrogens with zero attached hydrogens (tertiary/aromatic N) is 2. The van der Waals surface area contributed by atoms with E-state index in [4.69, 9.17) is 0 Å². The van der Waals surface area contributed by atoms with Crippen molar-refractivity contribution in [1.82, 2.24) is 5.32 Å². The highest BCUT2D eigenvalue weighted by Gasteiger charge is 2.06. The van der Waals surface area contributed by atoms with Gasteiger partial charge in [0.15, 0.2) is 0 Å². The van der Waals surface area contributed by atoms with Crippen LogP contribution >= 0.6 is 0 Å². The van der Waals surface area contributed by atoms with Crippen LogP contribution < -0.4 is 10.3 Å². The Morgan fingerprint density at radius 1 is 0.909 bits per heavy atom. The van der Waals surface area contributed by atoms with E-state index in [2.05, 4.69) is 35.4 Å². The average molecular weight is 442 g/mol. The smallest absolute Gasteiger partial charge is 0.251 e. The number of carbonyl (C=O) groups is 1. The maximum Gasteiger partial charge on any atom is 0.251 e. The number of benzene rings is 3. The summed E-state index contributed by atoms with van der Waals surface area (Å²) in [7, 11) is 1.95. The van der Waals surface area contributed by atoms with Gasteiger partial charge in [0, 0.05) is 31.3 Å². The van der Waals surface area contributed by atoms with Crippen molar-refractivity contribution in [2.24, 2.45) is 5.10 Å². The first kappa shape index (κ1) is 27.2. The van der Waals surface area contributed by atoms with Gasteiger partial charge in [-0.1, -0.05) is 74.0 Å².